The molecule has 8 bridgehead atoms. The standard InChI is InChI=1S/C34H20N8O2.Zn/c43-15-16-44-18-13-14-25-26(17-18)34-41-32-24-12-6-5-11-23(24)30(39-32)37-28-20-8-2-1-7-19(20)27(35-28)36-29-21-9-3-4-10-22(21)31(38-29)40-33(25)42-34;/h1-14,17,43H,15-16H2;/q-2;+2. The van der Waals surface area contributed by atoms with Gasteiger partial charge in [0.2, 0.25) is 0 Å². The van der Waals surface area contributed by atoms with Crippen LogP contribution in [-0.4, -0.2) is 48.2 Å². The third-order valence-corrected chi connectivity index (χ3v) is 7.75. The van der Waals surface area contributed by atoms with Crippen LogP contribution in [0.3, 0.4) is 0 Å². The van der Waals surface area contributed by atoms with Crippen molar-refractivity contribution in [3.05, 3.63) is 91.0 Å². The minimum atomic E-state index is -0.0944. The van der Waals surface area contributed by atoms with Crippen molar-refractivity contribution < 1.29 is 29.3 Å². The largest absolute Gasteiger partial charge is 2.00 e. The molecule has 0 fully saturated rings. The van der Waals surface area contributed by atoms with E-state index in [0.717, 1.165) is 43.8 Å². The quantitative estimate of drug-likeness (QED) is 0.248. The van der Waals surface area contributed by atoms with E-state index in [2.05, 4.69) is 0 Å². The first-order chi connectivity index (χ1) is 21.7. The fourth-order valence-electron chi connectivity index (χ4n) is 5.74. The molecule has 9 rings (SSSR count). The van der Waals surface area contributed by atoms with Gasteiger partial charge in [0.1, 0.15) is 12.4 Å². The molecule has 10 nitrogen and oxygen atoms in total. The van der Waals surface area contributed by atoms with E-state index in [1.807, 2.05) is 91.0 Å². The van der Waals surface area contributed by atoms with Gasteiger partial charge in [-0.25, -0.2) is 15.0 Å². The number of rotatable bonds is 3. The normalized spacial score (nSPS) is 11.7. The first kappa shape index (κ1) is 27.2. The molecule has 0 aliphatic carbocycles. The van der Waals surface area contributed by atoms with Crippen LogP contribution < -0.4 is 14.7 Å². The van der Waals surface area contributed by atoms with Crippen molar-refractivity contribution in [1.82, 2.24) is 39.9 Å². The number of hydrogen-bond acceptors (Lipinski definition) is 8. The van der Waals surface area contributed by atoms with Gasteiger partial charge in [-0.1, -0.05) is 72.8 Å². The van der Waals surface area contributed by atoms with Crippen molar-refractivity contribution in [3.8, 4) is 51.3 Å². The van der Waals surface area contributed by atoms with Crippen LogP contribution in [0.1, 0.15) is 0 Å². The van der Waals surface area contributed by atoms with Gasteiger partial charge in [-0.2, -0.15) is 0 Å². The summed E-state index contributed by atoms with van der Waals surface area (Å²) in [5.74, 6) is 2.65. The van der Waals surface area contributed by atoms with E-state index in [1.165, 1.54) is 0 Å². The second-order valence-electron chi connectivity index (χ2n) is 10.4. The average Bonchev–Trinajstić information content (AvgIpc) is 3.79. The fraction of sp³-hybridized carbons (Fsp3) is 0.0588. The van der Waals surface area contributed by atoms with Crippen LogP contribution in [0.5, 0.6) is 5.75 Å². The second kappa shape index (κ2) is 10.7. The van der Waals surface area contributed by atoms with Crippen molar-refractivity contribution in [2.45, 2.75) is 0 Å². The molecule has 4 aromatic carbocycles. The Morgan fingerprint density at radius 1 is 0.489 bits per heavy atom. The van der Waals surface area contributed by atoms with Gasteiger partial charge >= 0.3 is 19.5 Å². The predicted octanol–water partition coefficient (Wildman–Crippen LogP) is 5.50. The van der Waals surface area contributed by atoms with Crippen LogP contribution in [0.4, 0.5) is 0 Å². The van der Waals surface area contributed by atoms with Crippen LogP contribution in [0.25, 0.3) is 89.7 Å². The summed E-state index contributed by atoms with van der Waals surface area (Å²) in [6, 6.07) is 29.2. The number of aliphatic hydroxyl groups is 1. The zero-order valence-corrected chi connectivity index (χ0v) is 26.7. The molecule has 5 heterocycles. The minimum Gasteiger partial charge on any atom is -0.491 e. The molecule has 0 unspecified atom stereocenters. The average molecular weight is 638 g/mol. The molecule has 11 heteroatoms. The molecule has 2 aliphatic rings. The minimum absolute atomic E-state index is 0. The van der Waals surface area contributed by atoms with Crippen LogP contribution in [0, 0.1) is 0 Å². The monoisotopic (exact) mass is 636 g/mol. The van der Waals surface area contributed by atoms with Crippen LogP contribution in [0.15, 0.2) is 91.0 Å². The maximum atomic E-state index is 9.30. The molecular formula is C34H20N8O2Zn. The molecule has 2 aliphatic heterocycles. The van der Waals surface area contributed by atoms with Gasteiger partial charge in [0.25, 0.3) is 0 Å². The van der Waals surface area contributed by atoms with Gasteiger partial charge in [-0.3, -0.25) is 0 Å². The van der Waals surface area contributed by atoms with Crippen molar-refractivity contribution in [3.63, 3.8) is 0 Å². The molecule has 0 spiro atoms. The molecule has 7 aromatic rings. The number of nitrogens with zero attached hydrogens (tertiary/aromatic N) is 8. The zero-order valence-electron chi connectivity index (χ0n) is 23.7. The first-order valence-corrected chi connectivity index (χ1v) is 14.1. The van der Waals surface area contributed by atoms with E-state index in [0.29, 0.717) is 51.6 Å². The van der Waals surface area contributed by atoms with Crippen molar-refractivity contribution >= 4 is 44.1 Å². The number of ether oxygens (including phenoxy) is 1. The summed E-state index contributed by atoms with van der Waals surface area (Å²) in [5.41, 5.74) is 5.34. The first-order valence-electron chi connectivity index (χ1n) is 14.1. The molecule has 3 aromatic heterocycles. The molecule has 0 saturated carbocycles. The molecule has 210 valence electrons. The van der Waals surface area contributed by atoms with Gasteiger partial charge in [-0.05, 0) is 39.7 Å². The maximum absolute atomic E-state index is 9.30. The molecule has 0 atom stereocenters. The molecule has 0 amide bonds. The van der Waals surface area contributed by atoms with Gasteiger partial charge < -0.3 is 34.8 Å². The van der Waals surface area contributed by atoms with E-state index in [4.69, 9.17) is 44.6 Å². The van der Waals surface area contributed by atoms with Gasteiger partial charge in [-0.15, -0.1) is 0 Å². The van der Waals surface area contributed by atoms with Crippen molar-refractivity contribution in [1.29, 1.82) is 0 Å². The Hall–Kier alpha value is -5.38. The summed E-state index contributed by atoms with van der Waals surface area (Å²) >= 11 is 0. The van der Waals surface area contributed by atoms with E-state index in [9.17, 15) is 5.11 Å². The van der Waals surface area contributed by atoms with E-state index < -0.39 is 0 Å². The summed E-state index contributed by atoms with van der Waals surface area (Å²) in [5, 5.41) is 12.5. The van der Waals surface area contributed by atoms with Crippen LogP contribution >= 0.6 is 0 Å². The predicted molar refractivity (Wildman–Crippen MR) is 167 cm³/mol. The molecule has 0 saturated heterocycles. The SMILES string of the molecule is OCCOc1ccc2c3nc4nc(nc5nc(nc6[n-]c(nc([n-]3)c2c1)c1ccccc61)-c1ccccc1-5)-c1ccccc1-4.[Zn+2]. The van der Waals surface area contributed by atoms with Crippen LogP contribution in [0.2, 0.25) is 0 Å². The fourth-order valence-corrected chi connectivity index (χ4v) is 5.74. The number of aliphatic hydroxyl groups excluding tert-OH is 1. The van der Waals surface area contributed by atoms with E-state index >= 15 is 0 Å². The van der Waals surface area contributed by atoms with E-state index in [1.54, 1.807) is 0 Å². The molecule has 0 radical (unpaired) electrons. The molecule has 1 N–H and O–H groups in total. The Bertz CT molecular complexity index is 2470. The van der Waals surface area contributed by atoms with Gasteiger partial charge in [0.15, 0.2) is 11.6 Å². The Labute approximate surface area is 268 Å². The molecular weight excluding hydrogens is 618 g/mol. The number of benzene rings is 4. The Morgan fingerprint density at radius 3 is 1.42 bits per heavy atom. The van der Waals surface area contributed by atoms with Crippen molar-refractivity contribution in [2.75, 3.05) is 13.2 Å². The summed E-state index contributed by atoms with van der Waals surface area (Å²) in [7, 11) is 0. The third-order valence-electron chi connectivity index (χ3n) is 7.75. The maximum Gasteiger partial charge on any atom is 2.00 e. The van der Waals surface area contributed by atoms with Crippen molar-refractivity contribution in [2.24, 2.45) is 0 Å². The summed E-state index contributed by atoms with van der Waals surface area (Å²) in [4.78, 5) is 39.3. The Morgan fingerprint density at radius 2 is 0.911 bits per heavy atom. The van der Waals surface area contributed by atoms with Crippen LogP contribution in [-0.2, 0) is 19.5 Å². The topological polar surface area (TPSA) is 135 Å². The zero-order chi connectivity index (χ0) is 29.2. The number of aromatic nitrogens is 8. The molecule has 45 heavy (non-hydrogen) atoms. The third kappa shape index (κ3) is 4.39. The summed E-state index contributed by atoms with van der Waals surface area (Å²) in [6.45, 7) is 0.0772. The van der Waals surface area contributed by atoms with Gasteiger partial charge in [0.05, 0.1) is 18.3 Å². The Balaban J connectivity index is 0.00000300. The smallest absolute Gasteiger partial charge is 0.491 e. The Kier molecular flexibility index (Phi) is 6.44. The summed E-state index contributed by atoms with van der Waals surface area (Å²) < 4.78 is 5.72. The summed E-state index contributed by atoms with van der Waals surface area (Å²) in [6.07, 6.45) is 0. The number of fused-ring (bicyclic) bond motifs is 20. The second-order valence-corrected chi connectivity index (χ2v) is 10.4. The van der Waals surface area contributed by atoms with E-state index in [-0.39, 0.29) is 32.7 Å². The van der Waals surface area contributed by atoms with Gasteiger partial charge in [0, 0.05) is 44.8 Å². The number of hydrogen-bond donors (Lipinski definition) is 1.